The van der Waals surface area contributed by atoms with Crippen molar-refractivity contribution in [3.8, 4) is 0 Å². The summed E-state index contributed by atoms with van der Waals surface area (Å²) in [5.41, 5.74) is 5.52. The van der Waals surface area contributed by atoms with Gasteiger partial charge in [0.15, 0.2) is 0 Å². The fraction of sp³-hybridized carbons (Fsp3) is 0.778. The number of hydrogen-bond acceptors (Lipinski definition) is 2. The van der Waals surface area contributed by atoms with Crippen LogP contribution in [0.3, 0.4) is 0 Å². The van der Waals surface area contributed by atoms with Crippen molar-refractivity contribution < 1.29 is 4.79 Å². The molecule has 0 radical (unpaired) electrons. The van der Waals surface area contributed by atoms with Crippen LogP contribution in [0.1, 0.15) is 20.8 Å². The normalized spacial score (nSPS) is 12.8. The number of nitrogens with zero attached hydrogens (tertiary/aromatic N) is 2. The molecule has 4 heteroatoms. The minimum atomic E-state index is -0.160. The Hall–Kier alpha value is -1.06. The predicted octanol–water partition coefficient (Wildman–Crippen LogP) is 0.478. The molecule has 0 atom stereocenters. The lowest BCUT2D eigenvalue weighted by molar-refractivity contribution is -0.127. The van der Waals surface area contributed by atoms with Gasteiger partial charge in [-0.2, -0.15) is 0 Å². The van der Waals surface area contributed by atoms with Gasteiger partial charge in [-0.25, -0.2) is 0 Å². The van der Waals surface area contributed by atoms with E-state index in [4.69, 9.17) is 5.73 Å². The number of amidine groups is 1. The average molecular weight is 185 g/mol. The monoisotopic (exact) mass is 185 g/mol. The maximum Gasteiger partial charge on any atom is 0.243 e. The molecule has 0 bridgehead atoms. The van der Waals surface area contributed by atoms with Crippen LogP contribution in [-0.4, -0.2) is 37.3 Å². The summed E-state index contributed by atoms with van der Waals surface area (Å²) in [6.07, 6.45) is 0. The van der Waals surface area contributed by atoms with Crippen molar-refractivity contribution in [2.45, 2.75) is 20.8 Å². The first kappa shape index (κ1) is 11.9. The highest BCUT2D eigenvalue weighted by molar-refractivity contribution is 5.88. The summed E-state index contributed by atoms with van der Waals surface area (Å²) in [5.74, 6) is 0.481. The van der Waals surface area contributed by atoms with E-state index in [1.807, 2.05) is 20.8 Å². The van der Waals surface area contributed by atoms with Crippen LogP contribution >= 0.6 is 0 Å². The van der Waals surface area contributed by atoms with Crippen LogP contribution in [0.4, 0.5) is 0 Å². The summed E-state index contributed by atoms with van der Waals surface area (Å²) in [7, 11) is 3.40. The van der Waals surface area contributed by atoms with Crippen molar-refractivity contribution in [2.24, 2.45) is 16.1 Å². The molecule has 76 valence electrons. The van der Waals surface area contributed by atoms with Gasteiger partial charge in [0.05, 0.1) is 5.84 Å². The van der Waals surface area contributed by atoms with Gasteiger partial charge in [-0.3, -0.25) is 9.79 Å². The Kier molecular flexibility index (Phi) is 3.91. The second kappa shape index (κ2) is 4.25. The maximum absolute atomic E-state index is 11.1. The first-order valence-electron chi connectivity index (χ1n) is 4.25. The Bertz CT molecular complexity index is 213. The van der Waals surface area contributed by atoms with Crippen molar-refractivity contribution in [3.63, 3.8) is 0 Å². The SMILES string of the molecule is CN(C)C(=O)CN=C(N)C(C)(C)C. The largest absolute Gasteiger partial charge is 0.387 e. The molecule has 0 aromatic heterocycles. The van der Waals surface area contributed by atoms with Gasteiger partial charge in [-0.15, -0.1) is 0 Å². The van der Waals surface area contributed by atoms with Gasteiger partial charge in [0.2, 0.25) is 5.91 Å². The molecule has 0 aromatic rings. The Labute approximate surface area is 79.8 Å². The summed E-state index contributed by atoms with van der Waals surface area (Å²) >= 11 is 0. The summed E-state index contributed by atoms with van der Waals surface area (Å²) in [6.45, 7) is 6.03. The molecule has 0 aliphatic rings. The predicted molar refractivity (Wildman–Crippen MR) is 54.6 cm³/mol. The van der Waals surface area contributed by atoms with Crippen LogP contribution in [0.5, 0.6) is 0 Å². The van der Waals surface area contributed by atoms with Crippen LogP contribution in [0, 0.1) is 5.41 Å². The Morgan fingerprint density at radius 3 is 2.15 bits per heavy atom. The lowest BCUT2D eigenvalue weighted by atomic mass is 9.95. The van der Waals surface area contributed by atoms with Gasteiger partial charge in [-0.05, 0) is 0 Å². The molecule has 4 nitrogen and oxygen atoms in total. The lowest BCUT2D eigenvalue weighted by Gasteiger charge is -2.17. The summed E-state index contributed by atoms with van der Waals surface area (Å²) < 4.78 is 0. The van der Waals surface area contributed by atoms with E-state index in [9.17, 15) is 4.79 Å². The highest BCUT2D eigenvalue weighted by atomic mass is 16.2. The fourth-order valence-electron chi connectivity index (χ4n) is 0.531. The van der Waals surface area contributed by atoms with Crippen molar-refractivity contribution in [3.05, 3.63) is 0 Å². The molecule has 0 saturated carbocycles. The van der Waals surface area contributed by atoms with Crippen LogP contribution < -0.4 is 5.73 Å². The quantitative estimate of drug-likeness (QED) is 0.502. The summed E-state index contributed by atoms with van der Waals surface area (Å²) in [6, 6.07) is 0. The van der Waals surface area contributed by atoms with Gasteiger partial charge in [0, 0.05) is 19.5 Å². The molecule has 0 aliphatic carbocycles. The van der Waals surface area contributed by atoms with E-state index in [0.717, 1.165) is 0 Å². The van der Waals surface area contributed by atoms with Crippen molar-refractivity contribution in [1.82, 2.24) is 4.90 Å². The van der Waals surface area contributed by atoms with Gasteiger partial charge in [0.1, 0.15) is 6.54 Å². The molecule has 0 spiro atoms. The van der Waals surface area contributed by atoms with E-state index in [1.54, 1.807) is 14.1 Å². The zero-order chi connectivity index (χ0) is 10.6. The standard InChI is InChI=1S/C9H19N3O/c1-9(2,3)8(10)11-6-7(13)12(4)5/h6H2,1-5H3,(H2,10,11). The second-order valence-electron chi connectivity index (χ2n) is 4.24. The van der Waals surface area contributed by atoms with Crippen molar-refractivity contribution in [2.75, 3.05) is 20.6 Å². The Morgan fingerprint density at radius 1 is 1.38 bits per heavy atom. The number of carbonyl (C=O) groups excluding carboxylic acids is 1. The average Bonchev–Trinajstić information content (AvgIpc) is 1.97. The smallest absolute Gasteiger partial charge is 0.243 e. The topological polar surface area (TPSA) is 58.7 Å². The minimum Gasteiger partial charge on any atom is -0.387 e. The third kappa shape index (κ3) is 4.50. The zero-order valence-corrected chi connectivity index (χ0v) is 9.09. The molecule has 0 rings (SSSR count). The maximum atomic E-state index is 11.1. The molecule has 0 fully saturated rings. The summed E-state index contributed by atoms with van der Waals surface area (Å²) in [5, 5.41) is 0. The van der Waals surface area contributed by atoms with Crippen LogP contribution in [0.15, 0.2) is 4.99 Å². The van der Waals surface area contributed by atoms with Crippen molar-refractivity contribution >= 4 is 11.7 Å². The lowest BCUT2D eigenvalue weighted by Crippen LogP contribution is -2.31. The zero-order valence-electron chi connectivity index (χ0n) is 9.09. The third-order valence-corrected chi connectivity index (χ3v) is 1.65. The number of amides is 1. The Morgan fingerprint density at radius 2 is 1.85 bits per heavy atom. The number of hydrogen-bond donors (Lipinski definition) is 1. The van der Waals surface area contributed by atoms with E-state index in [2.05, 4.69) is 4.99 Å². The highest BCUT2D eigenvalue weighted by Crippen LogP contribution is 2.12. The van der Waals surface area contributed by atoms with E-state index < -0.39 is 0 Å². The molecule has 13 heavy (non-hydrogen) atoms. The van der Waals surface area contributed by atoms with Gasteiger partial charge in [-0.1, -0.05) is 20.8 Å². The molecule has 2 N–H and O–H groups in total. The highest BCUT2D eigenvalue weighted by Gasteiger charge is 2.15. The number of nitrogens with two attached hydrogens (primary N) is 1. The van der Waals surface area contributed by atoms with E-state index >= 15 is 0 Å². The van der Waals surface area contributed by atoms with Crippen molar-refractivity contribution in [1.29, 1.82) is 0 Å². The molecular weight excluding hydrogens is 166 g/mol. The third-order valence-electron chi connectivity index (χ3n) is 1.65. The van der Waals surface area contributed by atoms with Gasteiger partial charge >= 0.3 is 0 Å². The van der Waals surface area contributed by atoms with E-state index in [-0.39, 0.29) is 17.9 Å². The number of rotatable bonds is 2. The first-order valence-corrected chi connectivity index (χ1v) is 4.25. The number of carbonyl (C=O) groups is 1. The molecule has 0 aromatic carbocycles. The summed E-state index contributed by atoms with van der Waals surface area (Å²) in [4.78, 5) is 16.7. The van der Waals surface area contributed by atoms with Crippen LogP contribution in [-0.2, 0) is 4.79 Å². The second-order valence-corrected chi connectivity index (χ2v) is 4.24. The van der Waals surface area contributed by atoms with Crippen LogP contribution in [0.2, 0.25) is 0 Å². The first-order chi connectivity index (χ1) is 5.75. The number of likely N-dealkylation sites (N-methyl/N-ethyl adjacent to an activating group) is 1. The molecule has 0 heterocycles. The minimum absolute atomic E-state index is 0.0350. The molecule has 0 unspecified atom stereocenters. The van der Waals surface area contributed by atoms with E-state index in [1.165, 1.54) is 4.90 Å². The Balaban J connectivity index is 4.21. The molecule has 1 amide bonds. The molecule has 0 aliphatic heterocycles. The fourth-order valence-corrected chi connectivity index (χ4v) is 0.531. The number of aliphatic imine (C=N–C) groups is 1. The molecular formula is C9H19N3O. The molecule has 0 saturated heterocycles. The van der Waals surface area contributed by atoms with Gasteiger partial charge in [0.25, 0.3) is 0 Å². The van der Waals surface area contributed by atoms with E-state index in [0.29, 0.717) is 5.84 Å². The van der Waals surface area contributed by atoms with Gasteiger partial charge < -0.3 is 10.6 Å². The van der Waals surface area contributed by atoms with Crippen LogP contribution in [0.25, 0.3) is 0 Å².